The van der Waals surface area contributed by atoms with Crippen molar-refractivity contribution < 1.29 is 71.6 Å². The van der Waals surface area contributed by atoms with Crippen molar-refractivity contribution >= 4 is 53.2 Å². The first-order valence-electron chi connectivity index (χ1n) is 28.2. The molecule has 3 aromatic carbocycles. The van der Waals surface area contributed by atoms with E-state index in [0.29, 0.717) is 48.3 Å². The van der Waals surface area contributed by atoms with E-state index in [1.807, 2.05) is 19.1 Å². The number of piperidine rings is 1. The summed E-state index contributed by atoms with van der Waals surface area (Å²) in [7, 11) is 7.43. The van der Waals surface area contributed by atoms with Gasteiger partial charge in [0.25, 0.3) is 11.8 Å². The minimum absolute atomic E-state index is 0.101. The van der Waals surface area contributed by atoms with Crippen LogP contribution in [0.2, 0.25) is 0 Å². The van der Waals surface area contributed by atoms with Gasteiger partial charge in [0.1, 0.15) is 48.7 Å². The predicted octanol–water partition coefficient (Wildman–Crippen LogP) is 5.87. The Bertz CT molecular complexity index is 2800. The molecule has 0 aromatic heterocycles. The van der Waals surface area contributed by atoms with Crippen LogP contribution in [-0.2, 0) is 63.8 Å². The molecule has 3 aromatic rings. The largest absolute Gasteiger partial charge is 0.493 e. The van der Waals surface area contributed by atoms with Gasteiger partial charge in [-0.2, -0.15) is 0 Å². The Hall–Kier alpha value is -7.81. The van der Waals surface area contributed by atoms with Crippen LogP contribution in [0.1, 0.15) is 122 Å². The van der Waals surface area contributed by atoms with E-state index in [1.165, 1.54) is 74.8 Å². The van der Waals surface area contributed by atoms with Gasteiger partial charge in [-0.25, -0.2) is 9.59 Å². The Labute approximate surface area is 487 Å². The first-order valence-corrected chi connectivity index (χ1v) is 28.2. The van der Waals surface area contributed by atoms with Gasteiger partial charge < -0.3 is 58.7 Å². The highest BCUT2D eigenvalue weighted by Gasteiger charge is 2.43. The number of carbonyl (C=O) groups excluding carboxylic acids is 9. The molecule has 452 valence electrons. The predicted molar refractivity (Wildman–Crippen MR) is 308 cm³/mol. The molecule has 21 heteroatoms. The number of esters is 2. The monoisotopic (exact) mass is 1150 g/mol. The molecule has 6 amide bonds. The SMILES string of the molecule is CCC[C@@H]1NC(=O)[C@H](COC(C)(C)C)N(C)C(=O)C(c2ccccc2)NC(=O)[C@H](C)N(C)C(=O)COc2cccc(c2)[C@@H](CCc2ccc(OC)c(OC)c2)OC(=O)[C@@H]2CCCCN2C(=O)C(=O)C(C)(C)COC(=O)/C=C\CCN(C)C1=O. The van der Waals surface area contributed by atoms with Crippen LogP contribution in [0.15, 0.2) is 84.9 Å². The Morgan fingerprint density at radius 2 is 1.45 bits per heavy atom. The Morgan fingerprint density at radius 3 is 2.12 bits per heavy atom. The van der Waals surface area contributed by atoms with E-state index in [4.69, 9.17) is 28.4 Å². The van der Waals surface area contributed by atoms with E-state index in [0.717, 1.165) is 11.6 Å². The molecule has 83 heavy (non-hydrogen) atoms. The summed E-state index contributed by atoms with van der Waals surface area (Å²) in [4.78, 5) is 132. The summed E-state index contributed by atoms with van der Waals surface area (Å²) in [6.45, 7) is 10.6. The summed E-state index contributed by atoms with van der Waals surface area (Å²) in [5.74, 6) is -5.16. The molecular formula is C62H84N6O15. The molecule has 2 aliphatic heterocycles. The number of rotatable bonds is 10. The molecule has 0 saturated carbocycles. The fraction of sp³-hybridized carbons (Fsp3) is 0.532. The number of ether oxygens (including phenoxy) is 6. The number of Topliss-reactive ketones (excluding diaryl/α,β-unsaturated/α-hetero) is 1. The number of fused-ring (bicyclic) bond motifs is 3. The zero-order valence-corrected chi connectivity index (χ0v) is 50.2. The standard InChI is InChI=1S/C62H84N6O15/c1-13-22-45-57(74)65(8)33-19-18-28-52(70)81-39-62(6,7)54(71)59(76)68-34-20-17-27-46(68)60(77)83-48(31-29-41-30-32-49(78-11)50(35-41)79-12)43-25-21-26-44(36-43)80-38-51(69)66(9)40(2)55(72)64-53(42-23-15-14-16-24-42)58(75)67(10)47(56(73)63-45)37-82-61(3,4)5/h14-16,18,21,23-26,28,30,32,35-36,40,45-48,53H,13,17,19-20,22,27,29,31,33-34,37-39H2,1-12H3,(H,63,73)(H,64,72)/b28-18-/t40-,45-,46-,47-,48+,53?/m0/s1. The molecular weight excluding hydrogens is 1070 g/mol. The number of likely N-dealkylation sites (N-methyl/N-ethyl adjacent to an activating group) is 3. The number of nitrogens with one attached hydrogen (secondary N) is 2. The summed E-state index contributed by atoms with van der Waals surface area (Å²) < 4.78 is 34.9. The fourth-order valence-corrected chi connectivity index (χ4v) is 9.38. The van der Waals surface area contributed by atoms with Crippen LogP contribution in [0.3, 0.4) is 0 Å². The third kappa shape index (κ3) is 18.6. The Balaban J connectivity index is 1.50. The highest BCUT2D eigenvalue weighted by atomic mass is 16.5. The number of methoxy groups -OCH3 is 2. The number of benzene rings is 3. The van der Waals surface area contributed by atoms with E-state index in [2.05, 4.69) is 10.6 Å². The second-order valence-electron chi connectivity index (χ2n) is 22.6. The number of aryl methyl sites for hydroxylation is 1. The molecule has 0 aliphatic carbocycles. The van der Waals surface area contributed by atoms with Crippen molar-refractivity contribution in [2.24, 2.45) is 5.41 Å². The molecule has 2 N–H and O–H groups in total. The lowest BCUT2D eigenvalue weighted by molar-refractivity contribution is -0.165. The van der Waals surface area contributed by atoms with Gasteiger partial charge in [-0.3, -0.25) is 33.6 Å². The normalized spacial score (nSPS) is 23.4. The number of nitrogens with zero attached hydrogens (tertiary/aromatic N) is 4. The number of hydrogen-bond acceptors (Lipinski definition) is 15. The van der Waals surface area contributed by atoms with Gasteiger partial charge in [0, 0.05) is 40.3 Å². The first kappa shape index (κ1) is 66.0. The number of hydrogen-bond donors (Lipinski definition) is 2. The van der Waals surface area contributed by atoms with Gasteiger partial charge >= 0.3 is 11.9 Å². The van der Waals surface area contributed by atoms with Crippen LogP contribution in [0.4, 0.5) is 0 Å². The van der Waals surface area contributed by atoms with E-state index in [9.17, 15) is 43.2 Å². The quantitative estimate of drug-likeness (QED) is 0.178. The van der Waals surface area contributed by atoms with Crippen molar-refractivity contribution in [1.29, 1.82) is 0 Å². The molecule has 5 rings (SSSR count). The molecule has 1 saturated heterocycles. The maximum absolute atomic E-state index is 14.8. The van der Waals surface area contributed by atoms with E-state index >= 15 is 0 Å². The topological polar surface area (TPSA) is 246 Å². The van der Waals surface area contributed by atoms with Crippen LogP contribution in [0.25, 0.3) is 0 Å². The third-order valence-electron chi connectivity index (χ3n) is 14.7. The lowest BCUT2D eigenvalue weighted by Gasteiger charge is -2.36. The minimum atomic E-state index is -1.50. The van der Waals surface area contributed by atoms with Crippen molar-refractivity contribution in [3.63, 3.8) is 0 Å². The highest BCUT2D eigenvalue weighted by molar-refractivity contribution is 6.38. The number of ketones is 1. The maximum atomic E-state index is 14.8. The Kier molecular flexibility index (Phi) is 24.2. The van der Waals surface area contributed by atoms with Gasteiger partial charge in [-0.05, 0) is 127 Å². The molecule has 21 nitrogen and oxygen atoms in total. The van der Waals surface area contributed by atoms with Gasteiger partial charge in [-0.1, -0.05) is 68.0 Å². The average Bonchev–Trinajstić information content (AvgIpc) is 3.68. The molecule has 2 aliphatic rings. The lowest BCUT2D eigenvalue weighted by Crippen LogP contribution is -2.58. The molecule has 1 fully saturated rings. The third-order valence-corrected chi connectivity index (χ3v) is 14.7. The number of cyclic esters (lactones) is 2. The molecule has 1 unspecified atom stereocenters. The number of amides is 6. The van der Waals surface area contributed by atoms with Crippen LogP contribution < -0.4 is 24.8 Å². The van der Waals surface area contributed by atoms with Gasteiger partial charge in [0.05, 0.1) is 31.8 Å². The van der Waals surface area contributed by atoms with Gasteiger partial charge in [0.15, 0.2) is 18.1 Å². The summed E-state index contributed by atoms with van der Waals surface area (Å²) in [6, 6.07) is 14.6. The second-order valence-corrected chi connectivity index (χ2v) is 22.6. The molecule has 0 radical (unpaired) electrons. The summed E-state index contributed by atoms with van der Waals surface area (Å²) >= 11 is 0. The van der Waals surface area contributed by atoms with Crippen molar-refractivity contribution in [2.45, 2.75) is 142 Å². The van der Waals surface area contributed by atoms with Crippen molar-refractivity contribution in [3.05, 3.63) is 102 Å². The molecule has 0 spiro atoms. The van der Waals surface area contributed by atoms with Gasteiger partial charge in [0.2, 0.25) is 29.4 Å². The minimum Gasteiger partial charge on any atom is -0.493 e. The van der Waals surface area contributed by atoms with Crippen LogP contribution >= 0.6 is 0 Å². The van der Waals surface area contributed by atoms with Crippen molar-refractivity contribution in [3.8, 4) is 17.2 Å². The summed E-state index contributed by atoms with van der Waals surface area (Å²) in [6.07, 6.45) is 4.61. The zero-order valence-electron chi connectivity index (χ0n) is 50.2. The average molecular weight is 1150 g/mol. The van der Waals surface area contributed by atoms with Crippen LogP contribution in [-0.4, -0.2) is 171 Å². The summed E-state index contributed by atoms with van der Waals surface area (Å²) in [5.41, 5.74) is -0.534. The zero-order chi connectivity index (χ0) is 61.2. The van der Waals surface area contributed by atoms with Gasteiger partial charge in [-0.15, -0.1) is 0 Å². The molecule has 2 bridgehead atoms. The number of carbonyl (C=O) groups is 9. The lowest BCUT2D eigenvalue weighted by atomic mass is 9.87. The smallest absolute Gasteiger partial charge is 0.330 e. The van der Waals surface area contributed by atoms with E-state index < -0.39 is 114 Å². The molecule has 6 atom stereocenters. The maximum Gasteiger partial charge on any atom is 0.330 e. The first-order chi connectivity index (χ1) is 39.3. The van der Waals surface area contributed by atoms with Crippen LogP contribution in [0.5, 0.6) is 17.2 Å². The van der Waals surface area contributed by atoms with E-state index in [-0.39, 0.29) is 51.1 Å². The fourth-order valence-electron chi connectivity index (χ4n) is 9.38. The van der Waals surface area contributed by atoms with Crippen molar-refractivity contribution in [2.75, 3.05) is 68.3 Å². The summed E-state index contributed by atoms with van der Waals surface area (Å²) in [5, 5.41) is 5.66. The molecule has 2 heterocycles. The van der Waals surface area contributed by atoms with E-state index in [1.54, 1.807) is 88.5 Å². The second kappa shape index (κ2) is 30.5. The van der Waals surface area contributed by atoms with Crippen molar-refractivity contribution in [1.82, 2.24) is 30.2 Å². The van der Waals surface area contributed by atoms with Crippen LogP contribution in [0, 0.1) is 5.41 Å². The Morgan fingerprint density at radius 1 is 0.747 bits per heavy atom. The highest BCUT2D eigenvalue weighted by Crippen LogP contribution is 2.33.